The zero-order valence-electron chi connectivity index (χ0n) is 9.95. The Morgan fingerprint density at radius 1 is 1.59 bits per heavy atom. The Bertz CT molecular complexity index is 454. The van der Waals surface area contributed by atoms with Gasteiger partial charge in [0.25, 0.3) is 0 Å². The highest BCUT2D eigenvalue weighted by atomic mass is 19.1. The maximum atomic E-state index is 13.8. The van der Waals surface area contributed by atoms with Gasteiger partial charge in [0.15, 0.2) is 0 Å². The standard InChI is InChI=1S/C14H16FNO/c1-3-5-11(2)10-16-8-9-17-13-7-4-6-12(15)14(13)16/h3-7H,1,8-10H2,2H3. The van der Waals surface area contributed by atoms with Crippen LogP contribution in [0.2, 0.25) is 0 Å². The fraction of sp³-hybridized carbons (Fsp3) is 0.286. The van der Waals surface area contributed by atoms with E-state index in [1.807, 2.05) is 17.9 Å². The van der Waals surface area contributed by atoms with Gasteiger partial charge in [-0.2, -0.15) is 0 Å². The Balaban J connectivity index is 2.28. The van der Waals surface area contributed by atoms with Gasteiger partial charge in [0.2, 0.25) is 0 Å². The smallest absolute Gasteiger partial charge is 0.150 e. The number of benzene rings is 1. The van der Waals surface area contributed by atoms with Crippen molar-refractivity contribution in [1.29, 1.82) is 0 Å². The van der Waals surface area contributed by atoms with Crippen LogP contribution in [0.3, 0.4) is 0 Å². The number of hydrogen-bond acceptors (Lipinski definition) is 2. The molecular formula is C14H16FNO. The number of allylic oxidation sites excluding steroid dienone is 2. The van der Waals surface area contributed by atoms with Crippen molar-refractivity contribution in [2.24, 2.45) is 0 Å². The molecule has 0 bridgehead atoms. The first-order valence-corrected chi connectivity index (χ1v) is 5.67. The number of rotatable bonds is 3. The number of fused-ring (bicyclic) bond motifs is 1. The van der Waals surface area contributed by atoms with Crippen LogP contribution in [0.5, 0.6) is 5.75 Å². The van der Waals surface area contributed by atoms with Gasteiger partial charge in [-0.1, -0.05) is 30.4 Å². The summed E-state index contributed by atoms with van der Waals surface area (Å²) in [7, 11) is 0. The quantitative estimate of drug-likeness (QED) is 0.743. The van der Waals surface area contributed by atoms with Gasteiger partial charge in [-0.05, 0) is 19.1 Å². The first-order valence-electron chi connectivity index (χ1n) is 5.67. The first-order chi connectivity index (χ1) is 8.22. The van der Waals surface area contributed by atoms with Crippen LogP contribution in [0.1, 0.15) is 6.92 Å². The van der Waals surface area contributed by atoms with E-state index in [1.54, 1.807) is 18.2 Å². The predicted octanol–water partition coefficient (Wildman–Crippen LogP) is 3.16. The molecule has 0 spiro atoms. The molecule has 0 fully saturated rings. The molecule has 2 rings (SSSR count). The van der Waals surface area contributed by atoms with Gasteiger partial charge in [0.05, 0.1) is 6.54 Å². The van der Waals surface area contributed by atoms with Crippen LogP contribution < -0.4 is 9.64 Å². The second-order valence-corrected chi connectivity index (χ2v) is 4.11. The van der Waals surface area contributed by atoms with E-state index < -0.39 is 0 Å². The molecule has 0 radical (unpaired) electrons. The van der Waals surface area contributed by atoms with Gasteiger partial charge < -0.3 is 9.64 Å². The summed E-state index contributed by atoms with van der Waals surface area (Å²) < 4.78 is 19.3. The monoisotopic (exact) mass is 233 g/mol. The molecule has 1 aliphatic heterocycles. The minimum Gasteiger partial charge on any atom is -0.489 e. The van der Waals surface area contributed by atoms with Gasteiger partial charge in [-0.25, -0.2) is 4.39 Å². The van der Waals surface area contributed by atoms with Crippen molar-refractivity contribution in [3.05, 3.63) is 48.3 Å². The summed E-state index contributed by atoms with van der Waals surface area (Å²) in [5, 5.41) is 0. The number of nitrogens with zero attached hydrogens (tertiary/aromatic N) is 1. The molecule has 1 aliphatic rings. The summed E-state index contributed by atoms with van der Waals surface area (Å²) in [5.74, 6) is 0.399. The molecule has 0 aromatic heterocycles. The molecule has 1 aromatic carbocycles. The average Bonchev–Trinajstić information content (AvgIpc) is 2.29. The lowest BCUT2D eigenvalue weighted by Crippen LogP contribution is -2.34. The minimum absolute atomic E-state index is 0.228. The van der Waals surface area contributed by atoms with E-state index in [4.69, 9.17) is 4.74 Å². The summed E-state index contributed by atoms with van der Waals surface area (Å²) in [4.78, 5) is 2.00. The summed E-state index contributed by atoms with van der Waals surface area (Å²) in [6.07, 6.45) is 3.69. The van der Waals surface area contributed by atoms with Crippen molar-refractivity contribution in [2.75, 3.05) is 24.6 Å². The van der Waals surface area contributed by atoms with E-state index in [9.17, 15) is 4.39 Å². The third kappa shape index (κ3) is 2.49. The molecule has 0 atom stereocenters. The normalized spacial score (nSPS) is 15.2. The zero-order valence-corrected chi connectivity index (χ0v) is 9.95. The fourth-order valence-electron chi connectivity index (χ4n) is 2.01. The number of halogens is 1. The zero-order chi connectivity index (χ0) is 12.3. The third-order valence-electron chi connectivity index (χ3n) is 2.73. The van der Waals surface area contributed by atoms with Gasteiger partial charge in [-0.3, -0.25) is 0 Å². The van der Waals surface area contributed by atoms with Crippen molar-refractivity contribution in [3.63, 3.8) is 0 Å². The van der Waals surface area contributed by atoms with Gasteiger partial charge in [0, 0.05) is 6.54 Å². The molecule has 0 N–H and O–H groups in total. The van der Waals surface area contributed by atoms with Gasteiger partial charge in [-0.15, -0.1) is 0 Å². The Morgan fingerprint density at radius 2 is 2.41 bits per heavy atom. The van der Waals surface area contributed by atoms with Crippen molar-refractivity contribution in [3.8, 4) is 5.75 Å². The molecule has 17 heavy (non-hydrogen) atoms. The van der Waals surface area contributed by atoms with E-state index in [-0.39, 0.29) is 5.82 Å². The number of para-hydroxylation sites is 1. The largest absolute Gasteiger partial charge is 0.489 e. The number of ether oxygens (including phenoxy) is 1. The van der Waals surface area contributed by atoms with Crippen LogP contribution in [-0.2, 0) is 0 Å². The number of anilines is 1. The molecular weight excluding hydrogens is 217 g/mol. The SMILES string of the molecule is C=CC=C(C)CN1CCOc2cccc(F)c21. The van der Waals surface area contributed by atoms with Crippen LogP contribution in [-0.4, -0.2) is 19.7 Å². The highest BCUT2D eigenvalue weighted by Gasteiger charge is 2.21. The van der Waals surface area contributed by atoms with Gasteiger partial charge in [0.1, 0.15) is 23.9 Å². The molecule has 0 unspecified atom stereocenters. The van der Waals surface area contributed by atoms with Crippen molar-refractivity contribution < 1.29 is 9.13 Å². The van der Waals surface area contributed by atoms with E-state index in [1.165, 1.54) is 6.07 Å². The molecule has 0 saturated carbocycles. The Morgan fingerprint density at radius 3 is 3.18 bits per heavy atom. The Kier molecular flexibility index (Phi) is 3.47. The molecule has 0 saturated heterocycles. The fourth-order valence-corrected chi connectivity index (χ4v) is 2.01. The third-order valence-corrected chi connectivity index (χ3v) is 2.73. The number of hydrogen-bond donors (Lipinski definition) is 0. The highest BCUT2D eigenvalue weighted by molar-refractivity contribution is 5.61. The Hall–Kier alpha value is -1.77. The maximum absolute atomic E-state index is 13.8. The van der Waals surface area contributed by atoms with Gasteiger partial charge >= 0.3 is 0 Å². The molecule has 1 aromatic rings. The second-order valence-electron chi connectivity index (χ2n) is 4.11. The van der Waals surface area contributed by atoms with Crippen molar-refractivity contribution in [1.82, 2.24) is 0 Å². The minimum atomic E-state index is -0.228. The van der Waals surface area contributed by atoms with E-state index >= 15 is 0 Å². The van der Waals surface area contributed by atoms with Crippen LogP contribution in [0.15, 0.2) is 42.5 Å². The lowest BCUT2D eigenvalue weighted by molar-refractivity contribution is 0.306. The predicted molar refractivity (Wildman–Crippen MR) is 68.1 cm³/mol. The van der Waals surface area contributed by atoms with E-state index in [0.717, 1.165) is 5.57 Å². The molecule has 0 amide bonds. The molecule has 90 valence electrons. The van der Waals surface area contributed by atoms with Crippen LogP contribution in [0.25, 0.3) is 0 Å². The summed E-state index contributed by atoms with van der Waals surface area (Å²) >= 11 is 0. The highest BCUT2D eigenvalue weighted by Crippen LogP contribution is 2.34. The summed E-state index contributed by atoms with van der Waals surface area (Å²) in [6.45, 7) is 7.67. The van der Waals surface area contributed by atoms with E-state index in [0.29, 0.717) is 31.1 Å². The summed E-state index contributed by atoms with van der Waals surface area (Å²) in [5.41, 5.74) is 1.71. The molecule has 1 heterocycles. The topological polar surface area (TPSA) is 12.5 Å². The van der Waals surface area contributed by atoms with Crippen LogP contribution >= 0.6 is 0 Å². The molecule has 3 heteroatoms. The van der Waals surface area contributed by atoms with Crippen LogP contribution in [0, 0.1) is 5.82 Å². The second kappa shape index (κ2) is 5.04. The van der Waals surface area contributed by atoms with Crippen molar-refractivity contribution >= 4 is 5.69 Å². The molecule has 2 nitrogen and oxygen atoms in total. The van der Waals surface area contributed by atoms with Crippen molar-refractivity contribution in [2.45, 2.75) is 6.92 Å². The summed E-state index contributed by atoms with van der Waals surface area (Å²) in [6, 6.07) is 4.94. The first kappa shape index (κ1) is 11.7. The van der Waals surface area contributed by atoms with Crippen LogP contribution in [0.4, 0.5) is 10.1 Å². The molecule has 0 aliphatic carbocycles. The Labute approximate surface area is 101 Å². The maximum Gasteiger partial charge on any atom is 0.150 e. The lowest BCUT2D eigenvalue weighted by atomic mass is 10.2. The van der Waals surface area contributed by atoms with E-state index in [2.05, 4.69) is 6.58 Å². The average molecular weight is 233 g/mol. The lowest BCUT2D eigenvalue weighted by Gasteiger charge is -2.31.